The molecular weight excluding hydrogens is 121 g/mol. The molecule has 0 radical (unpaired) electrons. The number of rotatable bonds is 4. The molecule has 0 unspecified atom stereocenters. The van der Waals surface area contributed by atoms with E-state index in [9.17, 15) is 0 Å². The van der Waals surface area contributed by atoms with E-state index in [1.807, 2.05) is 0 Å². The minimum atomic E-state index is 0.110. The monoisotopic (exact) mass is 135 g/mol. The maximum absolute atomic E-state index is 5.20. The van der Waals surface area contributed by atoms with Crippen molar-refractivity contribution in [3.63, 3.8) is 0 Å². The van der Waals surface area contributed by atoms with Crippen molar-refractivity contribution in [3.05, 3.63) is 0 Å². The maximum Gasteiger partial charge on any atom is 0.0654 e. The molecule has 0 aliphatic carbocycles. The molecule has 0 amide bonds. The van der Waals surface area contributed by atoms with Gasteiger partial charge in [0.05, 0.1) is 13.0 Å². The lowest BCUT2D eigenvalue weighted by Crippen LogP contribution is -2.08. The summed E-state index contributed by atoms with van der Waals surface area (Å²) in [5.74, 6) is 0. The molecule has 0 fully saturated rings. The van der Waals surface area contributed by atoms with Gasteiger partial charge in [-0.25, -0.2) is 0 Å². The molecule has 0 aromatic heterocycles. The fourth-order valence-electron chi connectivity index (χ4n) is 0.330. The van der Waals surface area contributed by atoms with E-state index >= 15 is 0 Å². The Morgan fingerprint density at radius 3 is 2.50 bits per heavy atom. The molecule has 0 aliphatic rings. The van der Waals surface area contributed by atoms with Crippen molar-refractivity contribution in [2.24, 2.45) is 5.73 Å². The highest BCUT2D eigenvalue weighted by Gasteiger charge is 1.88. The lowest BCUT2D eigenvalue weighted by atomic mass is 10.7. The number of ether oxygens (including phenoxy) is 1. The van der Waals surface area contributed by atoms with Gasteiger partial charge in [-0.2, -0.15) is 0 Å². The average Bonchev–Trinajstić information content (AvgIpc) is 1.66. The van der Waals surface area contributed by atoms with Crippen LogP contribution in [0, 0.1) is 0 Å². The second kappa shape index (κ2) is 5.49. The van der Waals surface area contributed by atoms with Crippen LogP contribution in [0.2, 0.25) is 0 Å². The van der Waals surface area contributed by atoms with E-state index in [2.05, 4.69) is 13.3 Å². The summed E-state index contributed by atoms with van der Waals surface area (Å²) in [4.78, 5) is 0. The summed E-state index contributed by atoms with van der Waals surface area (Å²) in [6, 6.07) is 0. The molecule has 0 saturated carbocycles. The van der Waals surface area contributed by atoms with Crippen molar-refractivity contribution >= 4 is 7.92 Å². The SMILES string of the molecule is CP(C)COCCN. The van der Waals surface area contributed by atoms with Crippen LogP contribution < -0.4 is 5.73 Å². The molecule has 0 saturated heterocycles. The Bertz CT molecular complexity index is 49.7. The molecular formula is C5H14NOP. The van der Waals surface area contributed by atoms with Crippen molar-refractivity contribution in [3.8, 4) is 0 Å². The second-order valence-corrected chi connectivity index (χ2v) is 4.32. The molecule has 0 aromatic rings. The first kappa shape index (κ1) is 8.35. The fraction of sp³-hybridized carbons (Fsp3) is 1.00. The summed E-state index contributed by atoms with van der Waals surface area (Å²) in [5, 5.41) is 0. The molecule has 0 bridgehead atoms. The van der Waals surface area contributed by atoms with Gasteiger partial charge in [-0.1, -0.05) is 7.92 Å². The molecule has 3 heteroatoms. The molecule has 8 heavy (non-hydrogen) atoms. The molecule has 0 rings (SSSR count). The van der Waals surface area contributed by atoms with Crippen molar-refractivity contribution in [2.45, 2.75) is 0 Å². The highest BCUT2D eigenvalue weighted by atomic mass is 31.1. The first-order chi connectivity index (χ1) is 3.77. The molecule has 2 N–H and O–H groups in total. The van der Waals surface area contributed by atoms with Gasteiger partial charge in [-0.05, 0) is 13.3 Å². The van der Waals surface area contributed by atoms with Crippen LogP contribution in [-0.4, -0.2) is 32.8 Å². The lowest BCUT2D eigenvalue weighted by Gasteiger charge is -2.04. The summed E-state index contributed by atoms with van der Waals surface area (Å²) in [6.45, 7) is 5.72. The smallest absolute Gasteiger partial charge is 0.0654 e. The van der Waals surface area contributed by atoms with Gasteiger partial charge in [-0.3, -0.25) is 0 Å². The number of hydrogen-bond donors (Lipinski definition) is 1. The topological polar surface area (TPSA) is 35.2 Å². The van der Waals surface area contributed by atoms with Crippen LogP contribution >= 0.6 is 7.92 Å². The van der Waals surface area contributed by atoms with Crippen LogP contribution in [-0.2, 0) is 4.74 Å². The molecule has 0 aliphatic heterocycles. The minimum Gasteiger partial charge on any atom is -0.376 e. The largest absolute Gasteiger partial charge is 0.376 e. The Hall–Kier alpha value is 0.350. The molecule has 0 atom stereocenters. The van der Waals surface area contributed by atoms with E-state index in [4.69, 9.17) is 10.5 Å². The van der Waals surface area contributed by atoms with Crippen LogP contribution in [0.1, 0.15) is 0 Å². The highest BCUT2D eigenvalue weighted by Crippen LogP contribution is 2.22. The Labute approximate surface area is 52.2 Å². The summed E-state index contributed by atoms with van der Waals surface area (Å²) in [7, 11) is 0.110. The van der Waals surface area contributed by atoms with Crippen LogP contribution in [0.5, 0.6) is 0 Å². The Balaban J connectivity index is 2.72. The van der Waals surface area contributed by atoms with Gasteiger partial charge < -0.3 is 10.5 Å². The summed E-state index contributed by atoms with van der Waals surface area (Å²) in [5.41, 5.74) is 5.20. The molecule has 2 nitrogen and oxygen atoms in total. The first-order valence-electron chi connectivity index (χ1n) is 2.70. The predicted octanol–water partition coefficient (Wildman–Crippen LogP) is 0.661. The van der Waals surface area contributed by atoms with E-state index in [-0.39, 0.29) is 7.92 Å². The normalized spacial score (nSPS) is 10.5. The van der Waals surface area contributed by atoms with E-state index in [0.29, 0.717) is 13.2 Å². The standard InChI is InChI=1S/C5H14NOP/c1-8(2)5-7-4-3-6/h3-6H2,1-2H3. The summed E-state index contributed by atoms with van der Waals surface area (Å²) >= 11 is 0. The van der Waals surface area contributed by atoms with Gasteiger partial charge in [0.1, 0.15) is 0 Å². The molecule has 50 valence electrons. The minimum absolute atomic E-state index is 0.110. The van der Waals surface area contributed by atoms with Crippen LogP contribution in [0.25, 0.3) is 0 Å². The quantitative estimate of drug-likeness (QED) is 0.454. The average molecular weight is 135 g/mol. The second-order valence-electron chi connectivity index (χ2n) is 1.91. The first-order valence-corrected chi connectivity index (χ1v) is 5.12. The van der Waals surface area contributed by atoms with Gasteiger partial charge in [0.2, 0.25) is 0 Å². The maximum atomic E-state index is 5.20. The molecule has 0 aromatic carbocycles. The molecule has 0 spiro atoms. The predicted molar refractivity (Wildman–Crippen MR) is 38.6 cm³/mol. The van der Waals surface area contributed by atoms with E-state index < -0.39 is 0 Å². The van der Waals surface area contributed by atoms with E-state index in [1.165, 1.54) is 0 Å². The highest BCUT2D eigenvalue weighted by molar-refractivity contribution is 7.55. The van der Waals surface area contributed by atoms with Gasteiger partial charge in [-0.15, -0.1) is 0 Å². The third-order valence-corrected chi connectivity index (χ3v) is 1.31. The van der Waals surface area contributed by atoms with Gasteiger partial charge >= 0.3 is 0 Å². The van der Waals surface area contributed by atoms with Crippen molar-refractivity contribution in [2.75, 3.05) is 32.8 Å². The molecule has 0 heterocycles. The van der Waals surface area contributed by atoms with E-state index in [0.717, 1.165) is 6.35 Å². The van der Waals surface area contributed by atoms with Crippen molar-refractivity contribution in [1.82, 2.24) is 0 Å². The zero-order valence-corrected chi connectivity index (χ0v) is 6.45. The zero-order chi connectivity index (χ0) is 6.41. The number of hydrogen-bond acceptors (Lipinski definition) is 2. The number of nitrogens with two attached hydrogens (primary N) is 1. The van der Waals surface area contributed by atoms with Crippen molar-refractivity contribution in [1.29, 1.82) is 0 Å². The Kier molecular flexibility index (Phi) is 5.73. The van der Waals surface area contributed by atoms with Crippen LogP contribution in [0.4, 0.5) is 0 Å². The Morgan fingerprint density at radius 1 is 1.50 bits per heavy atom. The third-order valence-electron chi connectivity index (χ3n) is 0.612. The zero-order valence-electron chi connectivity index (χ0n) is 5.55. The van der Waals surface area contributed by atoms with Gasteiger partial charge in [0.15, 0.2) is 0 Å². The summed E-state index contributed by atoms with van der Waals surface area (Å²) < 4.78 is 5.15. The van der Waals surface area contributed by atoms with E-state index in [1.54, 1.807) is 0 Å². The fourth-order valence-corrected chi connectivity index (χ4v) is 0.825. The van der Waals surface area contributed by atoms with Crippen molar-refractivity contribution < 1.29 is 4.74 Å². The Morgan fingerprint density at radius 2 is 2.12 bits per heavy atom. The lowest BCUT2D eigenvalue weighted by molar-refractivity contribution is 0.189. The van der Waals surface area contributed by atoms with Crippen LogP contribution in [0.3, 0.4) is 0 Å². The summed E-state index contributed by atoms with van der Waals surface area (Å²) in [6.07, 6.45) is 0.895. The van der Waals surface area contributed by atoms with Gasteiger partial charge in [0.25, 0.3) is 0 Å². The third kappa shape index (κ3) is 6.35. The van der Waals surface area contributed by atoms with Crippen LogP contribution in [0.15, 0.2) is 0 Å². The van der Waals surface area contributed by atoms with Gasteiger partial charge in [0, 0.05) is 6.54 Å².